The molecule has 0 saturated heterocycles. The fourth-order valence-corrected chi connectivity index (χ4v) is 2.73. The highest BCUT2D eigenvalue weighted by Crippen LogP contribution is 2.31. The normalized spacial score (nSPS) is 17.4. The number of fused-ring (bicyclic) bond motifs is 1. The Morgan fingerprint density at radius 2 is 1.52 bits per heavy atom. The molecule has 1 aliphatic heterocycles. The van der Waals surface area contributed by atoms with Crippen molar-refractivity contribution >= 4 is 0 Å². The van der Waals surface area contributed by atoms with E-state index < -0.39 is 0 Å². The first-order chi connectivity index (χ1) is 10.0. The summed E-state index contributed by atoms with van der Waals surface area (Å²) in [6.45, 7) is 0.623. The van der Waals surface area contributed by atoms with Crippen molar-refractivity contribution in [3.05, 3.63) is 47.0 Å². The van der Waals surface area contributed by atoms with Gasteiger partial charge >= 0.3 is 0 Å². The van der Waals surface area contributed by atoms with Gasteiger partial charge in [-0.1, -0.05) is 6.07 Å². The zero-order valence-corrected chi connectivity index (χ0v) is 11.4. The van der Waals surface area contributed by atoms with Crippen LogP contribution in [0.1, 0.15) is 16.7 Å². The highest BCUT2D eigenvalue weighted by molar-refractivity contribution is 5.47. The molecule has 1 aliphatic rings. The van der Waals surface area contributed by atoms with E-state index in [-0.39, 0.29) is 29.0 Å². The second-order valence-corrected chi connectivity index (χ2v) is 5.42. The molecule has 2 aromatic rings. The van der Waals surface area contributed by atoms with Gasteiger partial charge in [0.15, 0.2) is 23.0 Å². The second-order valence-electron chi connectivity index (χ2n) is 5.42. The van der Waals surface area contributed by atoms with Gasteiger partial charge in [0, 0.05) is 12.6 Å². The van der Waals surface area contributed by atoms with Crippen LogP contribution in [0.2, 0.25) is 0 Å². The van der Waals surface area contributed by atoms with Crippen LogP contribution in [0, 0.1) is 0 Å². The molecule has 0 spiro atoms. The first kappa shape index (κ1) is 13.6. The quantitative estimate of drug-likeness (QED) is 0.543. The van der Waals surface area contributed by atoms with Crippen LogP contribution in [0.15, 0.2) is 30.3 Å². The molecule has 5 nitrogen and oxygen atoms in total. The summed E-state index contributed by atoms with van der Waals surface area (Å²) < 4.78 is 0. The third-order valence-corrected chi connectivity index (χ3v) is 3.87. The molecule has 1 heterocycles. The lowest BCUT2D eigenvalue weighted by Crippen LogP contribution is -2.37. The van der Waals surface area contributed by atoms with E-state index in [0.717, 1.165) is 23.1 Å². The predicted octanol–water partition coefficient (Wildman–Crippen LogP) is 1.77. The van der Waals surface area contributed by atoms with Crippen molar-refractivity contribution in [3.63, 3.8) is 0 Å². The Balaban J connectivity index is 1.77. The number of hydrogen-bond donors (Lipinski definition) is 5. The minimum Gasteiger partial charge on any atom is -0.504 e. The SMILES string of the molecule is Oc1ccc(CC2Cc3cc(O)c(O)cc3CN2)cc1O. The van der Waals surface area contributed by atoms with Crippen LogP contribution in [-0.4, -0.2) is 26.5 Å². The maximum atomic E-state index is 9.59. The average Bonchev–Trinajstić information content (AvgIpc) is 2.44. The molecule has 5 heteroatoms. The van der Waals surface area contributed by atoms with Crippen LogP contribution < -0.4 is 5.32 Å². The summed E-state index contributed by atoms with van der Waals surface area (Å²) in [5, 5.41) is 41.3. The number of hydrogen-bond acceptors (Lipinski definition) is 5. The van der Waals surface area contributed by atoms with E-state index in [0.29, 0.717) is 13.0 Å². The van der Waals surface area contributed by atoms with Gasteiger partial charge in [0.2, 0.25) is 0 Å². The molecule has 0 fully saturated rings. The van der Waals surface area contributed by atoms with Gasteiger partial charge in [-0.25, -0.2) is 0 Å². The van der Waals surface area contributed by atoms with Crippen LogP contribution in [0.4, 0.5) is 0 Å². The van der Waals surface area contributed by atoms with Gasteiger partial charge in [-0.2, -0.15) is 0 Å². The Labute approximate surface area is 122 Å². The van der Waals surface area contributed by atoms with Gasteiger partial charge < -0.3 is 25.7 Å². The molecule has 1 unspecified atom stereocenters. The van der Waals surface area contributed by atoms with E-state index in [1.807, 2.05) is 0 Å². The molecule has 0 amide bonds. The Bertz CT molecular complexity index is 684. The zero-order valence-electron chi connectivity index (χ0n) is 11.4. The summed E-state index contributed by atoms with van der Waals surface area (Å²) in [5.41, 5.74) is 2.92. The molecule has 21 heavy (non-hydrogen) atoms. The van der Waals surface area contributed by atoms with E-state index >= 15 is 0 Å². The van der Waals surface area contributed by atoms with Crippen LogP contribution in [-0.2, 0) is 19.4 Å². The van der Waals surface area contributed by atoms with Crippen molar-refractivity contribution in [2.75, 3.05) is 0 Å². The third kappa shape index (κ3) is 2.73. The maximum absolute atomic E-state index is 9.59. The van der Waals surface area contributed by atoms with Crippen molar-refractivity contribution in [1.82, 2.24) is 5.32 Å². The molecular weight excluding hydrogens is 270 g/mol. The Hall–Kier alpha value is -2.40. The summed E-state index contributed by atoms with van der Waals surface area (Å²) >= 11 is 0. The lowest BCUT2D eigenvalue weighted by Gasteiger charge is -2.26. The number of nitrogens with one attached hydrogen (secondary N) is 1. The molecule has 2 aromatic carbocycles. The van der Waals surface area contributed by atoms with Crippen molar-refractivity contribution in [2.24, 2.45) is 0 Å². The molecule has 110 valence electrons. The number of aromatic hydroxyl groups is 4. The monoisotopic (exact) mass is 287 g/mol. The van der Waals surface area contributed by atoms with Gasteiger partial charge in [0.25, 0.3) is 0 Å². The van der Waals surface area contributed by atoms with Gasteiger partial charge in [0.1, 0.15) is 0 Å². The van der Waals surface area contributed by atoms with E-state index in [1.54, 1.807) is 24.3 Å². The van der Waals surface area contributed by atoms with E-state index in [2.05, 4.69) is 5.32 Å². The molecule has 0 bridgehead atoms. The molecule has 0 saturated carbocycles. The fourth-order valence-electron chi connectivity index (χ4n) is 2.73. The first-order valence-corrected chi connectivity index (χ1v) is 6.81. The van der Waals surface area contributed by atoms with Crippen molar-refractivity contribution in [2.45, 2.75) is 25.4 Å². The highest BCUT2D eigenvalue weighted by Gasteiger charge is 2.20. The second kappa shape index (κ2) is 5.18. The van der Waals surface area contributed by atoms with Gasteiger partial charge in [-0.05, 0) is 53.8 Å². The minimum absolute atomic E-state index is 0.0996. The Morgan fingerprint density at radius 3 is 2.24 bits per heavy atom. The molecule has 0 aromatic heterocycles. The van der Waals surface area contributed by atoms with Crippen LogP contribution in [0.3, 0.4) is 0 Å². The van der Waals surface area contributed by atoms with E-state index in [1.165, 1.54) is 6.07 Å². The molecule has 0 aliphatic carbocycles. The number of benzene rings is 2. The van der Waals surface area contributed by atoms with Crippen molar-refractivity contribution in [1.29, 1.82) is 0 Å². The number of rotatable bonds is 2. The van der Waals surface area contributed by atoms with Crippen molar-refractivity contribution in [3.8, 4) is 23.0 Å². The van der Waals surface area contributed by atoms with E-state index in [9.17, 15) is 20.4 Å². The van der Waals surface area contributed by atoms with E-state index in [4.69, 9.17) is 0 Å². The van der Waals surface area contributed by atoms with Gasteiger partial charge in [0.05, 0.1) is 0 Å². The van der Waals surface area contributed by atoms with Crippen LogP contribution in [0.25, 0.3) is 0 Å². The summed E-state index contributed by atoms with van der Waals surface area (Å²) in [6.07, 6.45) is 1.43. The maximum Gasteiger partial charge on any atom is 0.157 e. The molecule has 1 atom stereocenters. The average molecular weight is 287 g/mol. The van der Waals surface area contributed by atoms with Gasteiger partial charge in [-0.15, -0.1) is 0 Å². The topological polar surface area (TPSA) is 93.0 Å². The third-order valence-electron chi connectivity index (χ3n) is 3.87. The largest absolute Gasteiger partial charge is 0.504 e. The predicted molar refractivity (Wildman–Crippen MR) is 77.6 cm³/mol. The number of phenols is 4. The van der Waals surface area contributed by atoms with Crippen LogP contribution in [0.5, 0.6) is 23.0 Å². The molecule has 0 radical (unpaired) electrons. The Morgan fingerprint density at radius 1 is 0.857 bits per heavy atom. The van der Waals surface area contributed by atoms with Gasteiger partial charge in [-0.3, -0.25) is 0 Å². The number of phenolic OH excluding ortho intramolecular Hbond substituents is 4. The van der Waals surface area contributed by atoms with Crippen molar-refractivity contribution < 1.29 is 20.4 Å². The first-order valence-electron chi connectivity index (χ1n) is 6.81. The summed E-state index contributed by atoms with van der Waals surface area (Å²) in [4.78, 5) is 0. The fraction of sp³-hybridized carbons (Fsp3) is 0.250. The molecule has 5 N–H and O–H groups in total. The summed E-state index contributed by atoms with van der Waals surface area (Å²) in [5.74, 6) is -0.443. The Kier molecular flexibility index (Phi) is 3.35. The highest BCUT2D eigenvalue weighted by atomic mass is 16.3. The zero-order chi connectivity index (χ0) is 15.0. The minimum atomic E-state index is -0.124. The lowest BCUT2D eigenvalue weighted by atomic mass is 9.91. The molecular formula is C16H17NO4. The standard InChI is InChI=1S/C16H17NO4/c18-13-2-1-9(4-14(13)19)3-12-5-10-6-15(20)16(21)7-11(10)8-17-12/h1-2,4,6-7,12,17-21H,3,5,8H2. The summed E-state index contributed by atoms with van der Waals surface area (Å²) in [6, 6.07) is 8.17. The van der Waals surface area contributed by atoms with Crippen LogP contribution >= 0.6 is 0 Å². The lowest BCUT2D eigenvalue weighted by molar-refractivity contribution is 0.397. The smallest absolute Gasteiger partial charge is 0.157 e. The summed E-state index contributed by atoms with van der Waals surface area (Å²) in [7, 11) is 0. The molecule has 3 rings (SSSR count).